The summed E-state index contributed by atoms with van der Waals surface area (Å²) in [5.74, 6) is -0.149. The minimum Gasteiger partial charge on any atom is -0.345 e. The fourth-order valence-corrected chi connectivity index (χ4v) is 3.28. The number of aromatic amines is 1. The van der Waals surface area contributed by atoms with Crippen molar-refractivity contribution in [3.05, 3.63) is 67.2 Å². The summed E-state index contributed by atoms with van der Waals surface area (Å²) in [5, 5.41) is 6.55. The van der Waals surface area contributed by atoms with Crippen molar-refractivity contribution in [2.24, 2.45) is 0 Å². The number of hydrogen-bond donors (Lipinski definition) is 2. The minimum absolute atomic E-state index is 0.111. The maximum Gasteiger partial charge on any atom is 0.304 e. The third-order valence-electron chi connectivity index (χ3n) is 2.98. The summed E-state index contributed by atoms with van der Waals surface area (Å²) < 4.78 is 1.91. The van der Waals surface area contributed by atoms with Crippen LogP contribution in [0.25, 0.3) is 0 Å². The first kappa shape index (κ1) is 13.8. The van der Waals surface area contributed by atoms with Gasteiger partial charge in [-0.3, -0.25) is 9.59 Å². The van der Waals surface area contributed by atoms with Crippen LogP contribution in [-0.4, -0.2) is 15.5 Å². The van der Waals surface area contributed by atoms with E-state index in [0.29, 0.717) is 18.8 Å². The summed E-state index contributed by atoms with van der Waals surface area (Å²) in [6, 6.07) is 7.69. The van der Waals surface area contributed by atoms with Gasteiger partial charge in [-0.05, 0) is 23.6 Å². The van der Waals surface area contributed by atoms with Crippen LogP contribution in [0, 0.1) is 0 Å². The van der Waals surface area contributed by atoms with E-state index in [1.807, 2.05) is 34.3 Å². The third-order valence-corrected chi connectivity index (χ3v) is 4.56. The molecule has 3 aromatic heterocycles. The van der Waals surface area contributed by atoms with E-state index >= 15 is 0 Å². The molecule has 0 saturated heterocycles. The second kappa shape index (κ2) is 6.11. The molecule has 21 heavy (non-hydrogen) atoms. The lowest BCUT2D eigenvalue weighted by atomic mass is 10.3. The number of H-pyrrole nitrogens is 1. The Labute approximate surface area is 128 Å². The van der Waals surface area contributed by atoms with Crippen molar-refractivity contribution < 1.29 is 4.79 Å². The molecule has 7 heteroatoms. The van der Waals surface area contributed by atoms with E-state index in [2.05, 4.69) is 10.3 Å². The molecule has 3 aromatic rings. The van der Waals surface area contributed by atoms with Crippen LogP contribution in [0.5, 0.6) is 0 Å². The van der Waals surface area contributed by atoms with Gasteiger partial charge < -0.3 is 14.9 Å². The van der Waals surface area contributed by atoms with E-state index < -0.39 is 0 Å². The molecule has 108 valence electrons. The normalized spacial score (nSPS) is 10.7. The number of nitrogens with one attached hydrogen (secondary N) is 2. The van der Waals surface area contributed by atoms with E-state index in [-0.39, 0.29) is 10.8 Å². The molecule has 0 unspecified atom stereocenters. The highest BCUT2D eigenvalue weighted by Crippen LogP contribution is 2.13. The monoisotopic (exact) mass is 319 g/mol. The molecule has 0 aliphatic heterocycles. The van der Waals surface area contributed by atoms with Crippen LogP contribution in [0.4, 0.5) is 0 Å². The Morgan fingerprint density at radius 2 is 2.19 bits per heavy atom. The average Bonchev–Trinajstić information content (AvgIpc) is 3.19. The summed E-state index contributed by atoms with van der Waals surface area (Å²) in [5.41, 5.74) is 1.33. The van der Waals surface area contributed by atoms with Gasteiger partial charge in [-0.1, -0.05) is 17.4 Å². The minimum atomic E-state index is -0.149. The van der Waals surface area contributed by atoms with Crippen LogP contribution in [0.15, 0.2) is 46.0 Å². The molecule has 0 aliphatic carbocycles. The van der Waals surface area contributed by atoms with E-state index in [4.69, 9.17) is 0 Å². The molecule has 0 atom stereocenters. The van der Waals surface area contributed by atoms with Crippen molar-refractivity contribution in [2.75, 3.05) is 0 Å². The van der Waals surface area contributed by atoms with E-state index in [1.54, 1.807) is 22.8 Å². The highest BCUT2D eigenvalue weighted by atomic mass is 32.1. The van der Waals surface area contributed by atoms with Crippen LogP contribution >= 0.6 is 22.7 Å². The molecule has 3 heterocycles. The van der Waals surface area contributed by atoms with E-state index in [1.165, 1.54) is 4.88 Å². The molecule has 0 fully saturated rings. The van der Waals surface area contributed by atoms with Gasteiger partial charge in [-0.2, -0.15) is 0 Å². The van der Waals surface area contributed by atoms with Crippen LogP contribution in [-0.2, 0) is 13.1 Å². The number of thiazole rings is 1. The first-order valence-electron chi connectivity index (χ1n) is 6.35. The van der Waals surface area contributed by atoms with Gasteiger partial charge in [0.15, 0.2) is 0 Å². The summed E-state index contributed by atoms with van der Waals surface area (Å²) in [7, 11) is 0. The summed E-state index contributed by atoms with van der Waals surface area (Å²) in [6.07, 6.45) is 1.89. The van der Waals surface area contributed by atoms with Gasteiger partial charge >= 0.3 is 4.87 Å². The topological polar surface area (TPSA) is 66.9 Å². The highest BCUT2D eigenvalue weighted by Gasteiger charge is 2.11. The number of thiophene rings is 1. The Kier molecular flexibility index (Phi) is 4.03. The van der Waals surface area contributed by atoms with Crippen LogP contribution < -0.4 is 10.2 Å². The maximum absolute atomic E-state index is 12.2. The summed E-state index contributed by atoms with van der Waals surface area (Å²) in [6.45, 7) is 1.00. The molecule has 0 bridgehead atoms. The Morgan fingerprint density at radius 1 is 1.29 bits per heavy atom. The van der Waals surface area contributed by atoms with Crippen LogP contribution in [0.2, 0.25) is 0 Å². The van der Waals surface area contributed by atoms with Gasteiger partial charge in [0.25, 0.3) is 5.91 Å². The Balaban J connectivity index is 1.67. The lowest BCUT2D eigenvalue weighted by Crippen LogP contribution is -2.25. The lowest BCUT2D eigenvalue weighted by Gasteiger charge is -2.08. The number of carbonyl (C=O) groups excluding carboxylic acids is 1. The second-order valence-electron chi connectivity index (χ2n) is 4.46. The van der Waals surface area contributed by atoms with Crippen molar-refractivity contribution >= 4 is 28.6 Å². The zero-order valence-electron chi connectivity index (χ0n) is 11.0. The molecule has 2 N–H and O–H groups in total. The largest absolute Gasteiger partial charge is 0.345 e. The molecule has 5 nitrogen and oxygen atoms in total. The number of nitrogens with zero attached hydrogens (tertiary/aromatic N) is 1. The van der Waals surface area contributed by atoms with E-state index in [0.717, 1.165) is 17.0 Å². The number of aromatic nitrogens is 2. The first-order chi connectivity index (χ1) is 10.2. The molecule has 0 radical (unpaired) electrons. The van der Waals surface area contributed by atoms with Crippen molar-refractivity contribution in [3.63, 3.8) is 0 Å². The Bertz CT molecular complexity index is 783. The maximum atomic E-state index is 12.2. The molecular weight excluding hydrogens is 306 g/mol. The lowest BCUT2D eigenvalue weighted by molar-refractivity contribution is 0.0941. The van der Waals surface area contributed by atoms with Gasteiger partial charge in [0.2, 0.25) is 0 Å². The van der Waals surface area contributed by atoms with Gasteiger partial charge in [0, 0.05) is 22.1 Å². The third kappa shape index (κ3) is 3.32. The van der Waals surface area contributed by atoms with Crippen LogP contribution in [0.3, 0.4) is 0 Å². The van der Waals surface area contributed by atoms with Gasteiger partial charge in [0.1, 0.15) is 5.69 Å². The molecule has 3 rings (SSSR count). The second-order valence-corrected chi connectivity index (χ2v) is 6.33. The standard InChI is InChI=1S/C14H13N3O2S2/c18-13(15-7-10-9-21-14(19)16-10)12-4-1-5-17(12)8-11-3-2-6-20-11/h1-6,9H,7-8H2,(H,15,18)(H,16,19). The zero-order valence-corrected chi connectivity index (χ0v) is 12.7. The van der Waals surface area contributed by atoms with Crippen molar-refractivity contribution in [1.29, 1.82) is 0 Å². The van der Waals surface area contributed by atoms with Gasteiger partial charge in [-0.15, -0.1) is 11.3 Å². The smallest absolute Gasteiger partial charge is 0.304 e. The number of carbonyl (C=O) groups is 1. The van der Waals surface area contributed by atoms with Crippen molar-refractivity contribution in [2.45, 2.75) is 13.1 Å². The molecule has 0 saturated carbocycles. The Morgan fingerprint density at radius 3 is 2.90 bits per heavy atom. The highest BCUT2D eigenvalue weighted by molar-refractivity contribution is 7.09. The molecular formula is C14H13N3O2S2. The Hall–Kier alpha value is -2.12. The first-order valence-corrected chi connectivity index (χ1v) is 8.11. The van der Waals surface area contributed by atoms with Crippen molar-refractivity contribution in [1.82, 2.24) is 14.9 Å². The average molecular weight is 319 g/mol. The molecule has 0 aliphatic rings. The fourth-order valence-electron chi connectivity index (χ4n) is 2.00. The van der Waals surface area contributed by atoms with Crippen LogP contribution in [0.1, 0.15) is 21.1 Å². The molecule has 1 amide bonds. The van der Waals surface area contributed by atoms with Gasteiger partial charge in [-0.25, -0.2) is 0 Å². The van der Waals surface area contributed by atoms with Gasteiger partial charge in [0.05, 0.1) is 13.1 Å². The molecule has 0 aromatic carbocycles. The number of amides is 1. The predicted molar refractivity (Wildman–Crippen MR) is 84.0 cm³/mol. The van der Waals surface area contributed by atoms with E-state index in [9.17, 15) is 9.59 Å². The number of hydrogen-bond acceptors (Lipinski definition) is 4. The van der Waals surface area contributed by atoms with Crippen molar-refractivity contribution in [3.8, 4) is 0 Å². The SMILES string of the molecule is O=C(NCc1csc(=O)[nH]1)c1cccn1Cc1cccs1. The quantitative estimate of drug-likeness (QED) is 0.757. The predicted octanol–water partition coefficient (Wildman–Crippen LogP) is 2.28. The molecule has 0 spiro atoms. The summed E-state index contributed by atoms with van der Waals surface area (Å²) in [4.78, 5) is 27.0. The summed E-state index contributed by atoms with van der Waals surface area (Å²) >= 11 is 2.76. The fraction of sp³-hybridized carbons (Fsp3) is 0.143. The number of rotatable bonds is 5. The zero-order chi connectivity index (χ0) is 14.7.